The number of hydrogen-bond donors (Lipinski definition) is 1. The zero-order valence-corrected chi connectivity index (χ0v) is 10.6. The lowest BCUT2D eigenvalue weighted by molar-refractivity contribution is -0.175. The SMILES string of the molecule is COc1c(N)nsc1N1CCCC(C(F)(F)F)C1. The van der Waals surface area contributed by atoms with Crippen molar-refractivity contribution in [3.63, 3.8) is 0 Å². The molecule has 102 valence electrons. The second-order valence-electron chi connectivity index (χ2n) is 4.23. The molecule has 4 nitrogen and oxygen atoms in total. The number of nitrogens with zero attached hydrogens (tertiary/aromatic N) is 2. The van der Waals surface area contributed by atoms with E-state index in [4.69, 9.17) is 10.5 Å². The Morgan fingerprint density at radius 2 is 2.22 bits per heavy atom. The molecule has 1 aromatic heterocycles. The number of hydrogen-bond acceptors (Lipinski definition) is 5. The summed E-state index contributed by atoms with van der Waals surface area (Å²) in [6.07, 6.45) is -3.47. The van der Waals surface area contributed by atoms with Crippen LogP contribution in [0.1, 0.15) is 12.8 Å². The van der Waals surface area contributed by atoms with E-state index in [1.807, 2.05) is 0 Å². The Morgan fingerprint density at radius 3 is 2.83 bits per heavy atom. The minimum absolute atomic E-state index is 0.0541. The highest BCUT2D eigenvalue weighted by Crippen LogP contribution is 2.42. The molecule has 0 aliphatic carbocycles. The average molecular weight is 281 g/mol. The van der Waals surface area contributed by atoms with Gasteiger partial charge in [-0.1, -0.05) is 0 Å². The van der Waals surface area contributed by atoms with Crippen LogP contribution in [0.15, 0.2) is 0 Å². The molecule has 18 heavy (non-hydrogen) atoms. The second kappa shape index (κ2) is 4.83. The van der Waals surface area contributed by atoms with Crippen LogP contribution < -0.4 is 15.4 Å². The van der Waals surface area contributed by atoms with Gasteiger partial charge < -0.3 is 15.4 Å². The van der Waals surface area contributed by atoms with E-state index < -0.39 is 12.1 Å². The Bertz CT molecular complexity index is 421. The Balaban J connectivity index is 2.18. The van der Waals surface area contributed by atoms with Gasteiger partial charge in [0.2, 0.25) is 0 Å². The molecule has 1 aliphatic rings. The third-order valence-corrected chi connectivity index (χ3v) is 3.94. The smallest absolute Gasteiger partial charge is 0.393 e. The summed E-state index contributed by atoms with van der Waals surface area (Å²) >= 11 is 1.08. The molecule has 0 radical (unpaired) electrons. The summed E-state index contributed by atoms with van der Waals surface area (Å²) in [5.74, 6) is -0.686. The first-order valence-electron chi connectivity index (χ1n) is 5.54. The molecule has 2 N–H and O–H groups in total. The van der Waals surface area contributed by atoms with Crippen LogP contribution in [0.3, 0.4) is 0 Å². The van der Waals surface area contributed by atoms with Gasteiger partial charge in [0.1, 0.15) is 0 Å². The van der Waals surface area contributed by atoms with Crippen molar-refractivity contribution in [2.75, 3.05) is 30.8 Å². The van der Waals surface area contributed by atoms with Crippen LogP contribution in [0, 0.1) is 5.92 Å². The molecule has 0 spiro atoms. The maximum atomic E-state index is 12.7. The van der Waals surface area contributed by atoms with E-state index >= 15 is 0 Å². The highest BCUT2D eigenvalue weighted by molar-refractivity contribution is 7.11. The zero-order chi connectivity index (χ0) is 13.3. The van der Waals surface area contributed by atoms with Crippen molar-refractivity contribution in [2.24, 2.45) is 5.92 Å². The Labute approximate surface area is 107 Å². The van der Waals surface area contributed by atoms with Crippen molar-refractivity contribution in [2.45, 2.75) is 19.0 Å². The van der Waals surface area contributed by atoms with E-state index in [1.165, 1.54) is 7.11 Å². The van der Waals surface area contributed by atoms with E-state index in [-0.39, 0.29) is 18.8 Å². The van der Waals surface area contributed by atoms with Crippen LogP contribution in [-0.2, 0) is 0 Å². The summed E-state index contributed by atoms with van der Waals surface area (Å²) in [5, 5.41) is 0.587. The van der Waals surface area contributed by atoms with Crippen molar-refractivity contribution < 1.29 is 17.9 Å². The third kappa shape index (κ3) is 2.47. The number of nitrogen functional groups attached to an aromatic ring is 1. The van der Waals surface area contributed by atoms with Crippen LogP contribution in [0.5, 0.6) is 5.75 Å². The Hall–Kier alpha value is -1.18. The van der Waals surface area contributed by atoms with Gasteiger partial charge in [-0.3, -0.25) is 0 Å². The van der Waals surface area contributed by atoms with E-state index in [0.717, 1.165) is 11.5 Å². The average Bonchev–Trinajstić information content (AvgIpc) is 2.69. The fraction of sp³-hybridized carbons (Fsp3) is 0.700. The quantitative estimate of drug-likeness (QED) is 0.905. The summed E-state index contributed by atoms with van der Waals surface area (Å²) < 4.78 is 47.2. The van der Waals surface area contributed by atoms with Gasteiger partial charge in [0, 0.05) is 13.1 Å². The molecule has 1 fully saturated rings. The number of alkyl halides is 3. The molecule has 8 heteroatoms. The van der Waals surface area contributed by atoms with E-state index in [9.17, 15) is 13.2 Å². The van der Waals surface area contributed by atoms with Gasteiger partial charge in [-0.2, -0.15) is 17.5 Å². The monoisotopic (exact) mass is 281 g/mol. The van der Waals surface area contributed by atoms with Gasteiger partial charge in [-0.25, -0.2) is 0 Å². The number of anilines is 2. The van der Waals surface area contributed by atoms with Crippen LogP contribution in [0.25, 0.3) is 0 Å². The normalized spacial score (nSPS) is 21.1. The van der Waals surface area contributed by atoms with Crippen molar-refractivity contribution in [3.05, 3.63) is 0 Å². The topological polar surface area (TPSA) is 51.4 Å². The Morgan fingerprint density at radius 1 is 1.50 bits per heavy atom. The van der Waals surface area contributed by atoms with Crippen molar-refractivity contribution in [1.29, 1.82) is 0 Å². The molecule has 0 saturated carbocycles. The predicted octanol–water partition coefficient (Wildman–Crippen LogP) is 2.51. The summed E-state index contributed by atoms with van der Waals surface area (Å²) in [7, 11) is 1.44. The molecule has 0 aromatic carbocycles. The van der Waals surface area contributed by atoms with Gasteiger partial charge in [-0.15, -0.1) is 0 Å². The standard InChI is InChI=1S/C10H14F3N3OS/c1-17-7-8(14)15-18-9(7)16-4-2-3-6(5-16)10(11,12)13/h6H,2-5H2,1H3,(H2,14,15). The lowest BCUT2D eigenvalue weighted by Crippen LogP contribution is -2.41. The summed E-state index contributed by atoms with van der Waals surface area (Å²) in [5.41, 5.74) is 5.60. The zero-order valence-electron chi connectivity index (χ0n) is 9.83. The first-order valence-corrected chi connectivity index (χ1v) is 6.31. The minimum Gasteiger partial charge on any atom is -0.490 e. The molecule has 1 atom stereocenters. The summed E-state index contributed by atoms with van der Waals surface area (Å²) in [6, 6.07) is 0. The number of ether oxygens (including phenoxy) is 1. The molecule has 1 unspecified atom stereocenters. The van der Waals surface area contributed by atoms with Gasteiger partial charge in [-0.05, 0) is 24.4 Å². The van der Waals surface area contributed by atoms with Crippen LogP contribution in [0.2, 0.25) is 0 Å². The molecule has 1 aromatic rings. The molecular weight excluding hydrogens is 267 g/mol. The van der Waals surface area contributed by atoms with Crippen molar-refractivity contribution in [3.8, 4) is 5.75 Å². The van der Waals surface area contributed by atoms with Crippen LogP contribution in [-0.4, -0.2) is 30.7 Å². The molecule has 1 saturated heterocycles. The van der Waals surface area contributed by atoms with Crippen LogP contribution in [0.4, 0.5) is 24.0 Å². The summed E-state index contributed by atoms with van der Waals surface area (Å²) in [6.45, 7) is 0.520. The van der Waals surface area contributed by atoms with Crippen LogP contribution >= 0.6 is 11.5 Å². The molecule has 2 heterocycles. The first kappa shape index (κ1) is 13.3. The highest BCUT2D eigenvalue weighted by Gasteiger charge is 2.42. The summed E-state index contributed by atoms with van der Waals surface area (Å²) in [4.78, 5) is 1.66. The predicted molar refractivity (Wildman–Crippen MR) is 64.1 cm³/mol. The largest absolute Gasteiger partial charge is 0.490 e. The molecule has 1 aliphatic heterocycles. The highest BCUT2D eigenvalue weighted by atomic mass is 32.1. The number of nitrogens with two attached hydrogens (primary N) is 1. The molecule has 2 rings (SSSR count). The Kier molecular flexibility index (Phi) is 3.56. The van der Waals surface area contributed by atoms with Crippen molar-refractivity contribution >= 4 is 22.4 Å². The van der Waals surface area contributed by atoms with E-state index in [0.29, 0.717) is 23.7 Å². The number of aromatic nitrogens is 1. The minimum atomic E-state index is -4.15. The third-order valence-electron chi connectivity index (χ3n) is 3.03. The lowest BCUT2D eigenvalue weighted by atomic mass is 9.98. The molecule has 0 amide bonds. The maximum absolute atomic E-state index is 12.7. The number of halogens is 3. The maximum Gasteiger partial charge on any atom is 0.393 e. The number of piperidine rings is 1. The van der Waals surface area contributed by atoms with E-state index in [1.54, 1.807) is 4.90 Å². The fourth-order valence-electron chi connectivity index (χ4n) is 2.11. The fourth-order valence-corrected chi connectivity index (χ4v) is 2.93. The van der Waals surface area contributed by atoms with Gasteiger partial charge >= 0.3 is 6.18 Å². The number of methoxy groups -OCH3 is 1. The van der Waals surface area contributed by atoms with E-state index in [2.05, 4.69) is 4.37 Å². The molecular formula is C10H14F3N3OS. The van der Waals surface area contributed by atoms with Gasteiger partial charge in [0.15, 0.2) is 16.6 Å². The number of rotatable bonds is 2. The lowest BCUT2D eigenvalue weighted by Gasteiger charge is -2.34. The second-order valence-corrected chi connectivity index (χ2v) is 4.98. The first-order chi connectivity index (χ1) is 8.43. The van der Waals surface area contributed by atoms with Gasteiger partial charge in [0.25, 0.3) is 0 Å². The molecule has 0 bridgehead atoms. The van der Waals surface area contributed by atoms with Gasteiger partial charge in [0.05, 0.1) is 13.0 Å². The van der Waals surface area contributed by atoms with Crippen molar-refractivity contribution in [1.82, 2.24) is 4.37 Å².